The quantitative estimate of drug-likeness (QED) is 0.195. The van der Waals surface area contributed by atoms with Crippen molar-refractivity contribution < 1.29 is 45.2 Å². The van der Waals surface area contributed by atoms with Crippen LogP contribution in [0.15, 0.2) is 72.8 Å². The monoisotopic (exact) mass is 530 g/mol. The molecule has 200 valence electrons. The lowest BCUT2D eigenvalue weighted by Gasteiger charge is -2.40. The molecule has 2 heterocycles. The van der Waals surface area contributed by atoms with E-state index in [2.05, 4.69) is 0 Å². The Kier molecular flexibility index (Phi) is 5.90. The van der Waals surface area contributed by atoms with Crippen LogP contribution in [-0.4, -0.2) is 48.0 Å². The summed E-state index contributed by atoms with van der Waals surface area (Å²) >= 11 is 0. The second-order valence-corrected chi connectivity index (χ2v) is 9.86. The summed E-state index contributed by atoms with van der Waals surface area (Å²) in [4.78, 5) is 0. The molecule has 0 saturated heterocycles. The number of fused-ring (bicyclic) bond motifs is 2. The van der Waals surface area contributed by atoms with Gasteiger partial charge in [0.25, 0.3) is 0 Å². The third-order valence-corrected chi connectivity index (χ3v) is 7.40. The fraction of sp³-hybridized carbons (Fsp3) is 0.200. The van der Waals surface area contributed by atoms with E-state index in [9.17, 15) is 35.7 Å². The van der Waals surface area contributed by atoms with Crippen LogP contribution < -0.4 is 9.47 Å². The van der Waals surface area contributed by atoms with Gasteiger partial charge in [0.1, 0.15) is 41.0 Å². The van der Waals surface area contributed by atoms with Crippen LogP contribution in [0.25, 0.3) is 0 Å². The van der Waals surface area contributed by atoms with E-state index in [1.54, 1.807) is 24.3 Å². The van der Waals surface area contributed by atoms with Crippen LogP contribution in [0.2, 0.25) is 0 Å². The molecule has 0 bridgehead atoms. The molecule has 5 atom stereocenters. The normalized spacial score (nSPS) is 23.7. The van der Waals surface area contributed by atoms with Gasteiger partial charge in [-0.15, -0.1) is 0 Å². The number of aliphatic hydroxyl groups excluding tert-OH is 2. The SMILES string of the molecule is Oc1ccc([C@@H]2Oc3cc(O)ccc3[C@H](c3ccc(O)c4c3O[C@H](c3ccc(O)c(O)c3)[C@@H](O)C4)[C@@H]2O)cc1. The van der Waals surface area contributed by atoms with Gasteiger partial charge in [0, 0.05) is 35.1 Å². The second kappa shape index (κ2) is 9.30. The Morgan fingerprint density at radius 2 is 1.26 bits per heavy atom. The van der Waals surface area contributed by atoms with Crippen LogP contribution in [0.5, 0.6) is 40.2 Å². The van der Waals surface area contributed by atoms with Crippen LogP contribution in [0.4, 0.5) is 0 Å². The van der Waals surface area contributed by atoms with Crippen LogP contribution in [0.1, 0.15) is 45.9 Å². The summed E-state index contributed by atoms with van der Waals surface area (Å²) in [7, 11) is 0. The van der Waals surface area contributed by atoms with Gasteiger partial charge in [0.15, 0.2) is 17.6 Å². The zero-order chi connectivity index (χ0) is 27.4. The molecule has 0 fully saturated rings. The van der Waals surface area contributed by atoms with E-state index in [1.807, 2.05) is 0 Å². The van der Waals surface area contributed by atoms with Gasteiger partial charge >= 0.3 is 0 Å². The molecule has 2 aliphatic heterocycles. The van der Waals surface area contributed by atoms with E-state index in [0.29, 0.717) is 33.6 Å². The zero-order valence-corrected chi connectivity index (χ0v) is 20.5. The van der Waals surface area contributed by atoms with E-state index in [-0.39, 0.29) is 40.9 Å². The van der Waals surface area contributed by atoms with Crippen molar-refractivity contribution in [3.63, 3.8) is 0 Å². The minimum atomic E-state index is -1.15. The van der Waals surface area contributed by atoms with E-state index in [0.717, 1.165) is 0 Å². The van der Waals surface area contributed by atoms with Crippen molar-refractivity contribution in [2.24, 2.45) is 0 Å². The number of phenolic OH excluding ortho intramolecular Hbond substituents is 5. The molecule has 0 aromatic heterocycles. The smallest absolute Gasteiger partial charge is 0.157 e. The summed E-state index contributed by atoms with van der Waals surface area (Å²) in [6, 6.07) is 18.1. The summed E-state index contributed by atoms with van der Waals surface area (Å²) in [6.07, 6.45) is -3.99. The highest BCUT2D eigenvalue weighted by Gasteiger charge is 2.43. The molecule has 7 N–H and O–H groups in total. The van der Waals surface area contributed by atoms with Gasteiger partial charge in [-0.05, 0) is 47.5 Å². The number of aliphatic hydroxyl groups is 2. The summed E-state index contributed by atoms with van der Waals surface area (Å²) in [5.41, 5.74) is 2.48. The molecule has 0 spiro atoms. The number of hydrogen-bond acceptors (Lipinski definition) is 9. The number of hydrogen-bond donors (Lipinski definition) is 7. The maximum absolute atomic E-state index is 11.7. The Morgan fingerprint density at radius 1 is 0.590 bits per heavy atom. The van der Waals surface area contributed by atoms with Crippen molar-refractivity contribution in [3.05, 3.63) is 101 Å². The van der Waals surface area contributed by atoms with E-state index < -0.39 is 30.3 Å². The average molecular weight is 531 g/mol. The minimum Gasteiger partial charge on any atom is -0.508 e. The first-order valence-electron chi connectivity index (χ1n) is 12.4. The largest absolute Gasteiger partial charge is 0.508 e. The van der Waals surface area contributed by atoms with Crippen molar-refractivity contribution in [2.45, 2.75) is 36.8 Å². The van der Waals surface area contributed by atoms with E-state index in [4.69, 9.17) is 9.47 Å². The van der Waals surface area contributed by atoms with Crippen LogP contribution in [0.3, 0.4) is 0 Å². The van der Waals surface area contributed by atoms with Crippen LogP contribution in [-0.2, 0) is 6.42 Å². The van der Waals surface area contributed by atoms with Gasteiger partial charge in [0.05, 0.1) is 6.10 Å². The molecular formula is C30H26O9. The van der Waals surface area contributed by atoms with Gasteiger partial charge < -0.3 is 45.2 Å². The Balaban J connectivity index is 1.49. The third-order valence-electron chi connectivity index (χ3n) is 7.40. The summed E-state index contributed by atoms with van der Waals surface area (Å²) in [5.74, 6) is -0.830. The predicted molar refractivity (Wildman–Crippen MR) is 138 cm³/mol. The fourth-order valence-corrected chi connectivity index (χ4v) is 5.47. The molecule has 2 aliphatic rings. The van der Waals surface area contributed by atoms with E-state index in [1.165, 1.54) is 48.5 Å². The van der Waals surface area contributed by atoms with Crippen molar-refractivity contribution in [1.29, 1.82) is 0 Å². The highest BCUT2D eigenvalue weighted by Crippen LogP contribution is 2.52. The lowest BCUT2D eigenvalue weighted by atomic mass is 9.78. The molecule has 0 radical (unpaired) electrons. The molecule has 0 amide bonds. The zero-order valence-electron chi connectivity index (χ0n) is 20.5. The topological polar surface area (TPSA) is 160 Å². The molecule has 0 saturated carbocycles. The molecular weight excluding hydrogens is 504 g/mol. The van der Waals surface area contributed by atoms with Crippen LogP contribution in [0, 0.1) is 0 Å². The van der Waals surface area contributed by atoms with Crippen molar-refractivity contribution >= 4 is 0 Å². The summed E-state index contributed by atoms with van der Waals surface area (Å²) < 4.78 is 12.4. The molecule has 4 aromatic rings. The molecule has 6 rings (SSSR count). The highest BCUT2D eigenvalue weighted by atomic mass is 16.5. The average Bonchev–Trinajstić information content (AvgIpc) is 2.91. The molecule has 0 unspecified atom stereocenters. The van der Waals surface area contributed by atoms with Crippen molar-refractivity contribution in [1.82, 2.24) is 0 Å². The minimum absolute atomic E-state index is 0.0207. The Labute approximate surface area is 223 Å². The predicted octanol–water partition coefficient (Wildman–Crippen LogP) is 3.88. The summed E-state index contributed by atoms with van der Waals surface area (Å²) in [6.45, 7) is 0. The lowest BCUT2D eigenvalue weighted by Crippen LogP contribution is -2.36. The first-order chi connectivity index (χ1) is 18.7. The first-order valence-corrected chi connectivity index (χ1v) is 12.4. The number of aromatic hydroxyl groups is 5. The first kappa shape index (κ1) is 24.7. The maximum atomic E-state index is 11.7. The number of ether oxygens (including phenoxy) is 2. The van der Waals surface area contributed by atoms with Gasteiger partial charge in [0.2, 0.25) is 0 Å². The molecule has 39 heavy (non-hydrogen) atoms. The second-order valence-electron chi connectivity index (χ2n) is 9.86. The van der Waals surface area contributed by atoms with Gasteiger partial charge in [-0.2, -0.15) is 0 Å². The Bertz CT molecular complexity index is 1550. The Morgan fingerprint density at radius 3 is 2.00 bits per heavy atom. The van der Waals surface area contributed by atoms with Gasteiger partial charge in [-0.25, -0.2) is 0 Å². The molecule has 9 heteroatoms. The van der Waals surface area contributed by atoms with Gasteiger partial charge in [-0.3, -0.25) is 0 Å². The Hall–Kier alpha value is -4.60. The van der Waals surface area contributed by atoms with E-state index >= 15 is 0 Å². The molecule has 4 aromatic carbocycles. The van der Waals surface area contributed by atoms with Crippen molar-refractivity contribution in [2.75, 3.05) is 0 Å². The van der Waals surface area contributed by atoms with Gasteiger partial charge in [-0.1, -0.05) is 30.3 Å². The maximum Gasteiger partial charge on any atom is 0.157 e. The number of phenols is 5. The lowest BCUT2D eigenvalue weighted by molar-refractivity contribution is 0.00253. The molecule has 0 aliphatic carbocycles. The summed E-state index contributed by atoms with van der Waals surface area (Å²) in [5, 5.41) is 73.0. The highest BCUT2D eigenvalue weighted by molar-refractivity contribution is 5.59. The number of rotatable bonds is 3. The fourth-order valence-electron chi connectivity index (χ4n) is 5.47. The molecule has 9 nitrogen and oxygen atoms in total. The standard InChI is InChI=1S/C30H26O9/c31-16-4-1-14(2-5-16)29-27(37)26(18-7-6-17(32)12-25(18)38-29)19-8-10-21(33)20-13-24(36)28(39-30(19)20)15-3-9-22(34)23(35)11-15/h1-12,24,26-29,31-37H,13H2/t24-,26+,27-,28+,29-/m0/s1. The van der Waals surface area contributed by atoms with Crippen molar-refractivity contribution in [3.8, 4) is 40.2 Å². The third kappa shape index (κ3) is 4.21. The number of benzene rings is 4. The van der Waals surface area contributed by atoms with Crippen LogP contribution >= 0.6 is 0 Å².